The highest BCUT2D eigenvalue weighted by Gasteiger charge is 2.16. The molecule has 7 nitrogen and oxygen atoms in total. The molecule has 3 aromatic rings. The largest absolute Gasteiger partial charge is 0.376 e. The van der Waals surface area contributed by atoms with Crippen LogP contribution in [0.4, 0.5) is 10.2 Å². The van der Waals surface area contributed by atoms with E-state index in [1.165, 1.54) is 6.20 Å². The first-order valence-electron chi connectivity index (χ1n) is 9.13. The molecule has 0 bridgehead atoms. The zero-order chi connectivity index (χ0) is 19.5. The van der Waals surface area contributed by atoms with E-state index in [0.29, 0.717) is 32.2 Å². The molecule has 0 aliphatic carbocycles. The van der Waals surface area contributed by atoms with Gasteiger partial charge < -0.3 is 14.4 Å². The summed E-state index contributed by atoms with van der Waals surface area (Å²) in [6, 6.07) is 9.72. The van der Waals surface area contributed by atoms with Gasteiger partial charge in [0.15, 0.2) is 17.5 Å². The van der Waals surface area contributed by atoms with Gasteiger partial charge in [-0.3, -0.25) is 4.68 Å². The second-order valence-corrected chi connectivity index (χ2v) is 6.83. The minimum absolute atomic E-state index is 0.0184. The number of ether oxygens (including phenoxy) is 2. The van der Waals surface area contributed by atoms with E-state index in [2.05, 4.69) is 15.1 Å². The van der Waals surface area contributed by atoms with E-state index in [4.69, 9.17) is 9.47 Å². The molecule has 1 aliphatic rings. The molecule has 1 atom stereocenters. The maximum absolute atomic E-state index is 13.9. The number of hydrogen-bond acceptors (Lipinski definition) is 6. The Morgan fingerprint density at radius 3 is 2.86 bits per heavy atom. The van der Waals surface area contributed by atoms with E-state index in [1.54, 1.807) is 19.0 Å². The van der Waals surface area contributed by atoms with Crippen LogP contribution >= 0.6 is 0 Å². The van der Waals surface area contributed by atoms with Crippen LogP contribution in [0.1, 0.15) is 0 Å². The van der Waals surface area contributed by atoms with Crippen molar-refractivity contribution < 1.29 is 13.9 Å². The van der Waals surface area contributed by atoms with Crippen LogP contribution in [0.5, 0.6) is 0 Å². The minimum atomic E-state index is -0.447. The molecule has 0 saturated carbocycles. The monoisotopic (exact) mass is 383 g/mol. The van der Waals surface area contributed by atoms with E-state index in [-0.39, 0.29) is 11.9 Å². The molecule has 1 fully saturated rings. The predicted molar refractivity (Wildman–Crippen MR) is 104 cm³/mol. The third-order valence-electron chi connectivity index (χ3n) is 4.48. The Hall–Kier alpha value is -2.84. The lowest BCUT2D eigenvalue weighted by molar-refractivity contribution is -0.0946. The van der Waals surface area contributed by atoms with Gasteiger partial charge in [-0.05, 0) is 12.1 Å². The summed E-state index contributed by atoms with van der Waals surface area (Å²) in [5.74, 6) is 0.283. The molecular formula is C20H22FN5O2. The number of nitrogens with zero attached hydrogens (tertiary/aromatic N) is 5. The zero-order valence-electron chi connectivity index (χ0n) is 15.9. The fourth-order valence-corrected chi connectivity index (χ4v) is 3.10. The zero-order valence-corrected chi connectivity index (χ0v) is 15.9. The second-order valence-electron chi connectivity index (χ2n) is 6.83. The van der Waals surface area contributed by atoms with E-state index in [0.717, 1.165) is 16.8 Å². The van der Waals surface area contributed by atoms with E-state index in [9.17, 15) is 4.39 Å². The first-order chi connectivity index (χ1) is 13.6. The molecule has 0 N–H and O–H groups in total. The van der Waals surface area contributed by atoms with Crippen LogP contribution in [-0.4, -0.2) is 59.8 Å². The SMILES string of the molecule is CN(C)c1nc(-c2cccc(-c3ccn(CC4COCCO4)n3)c2)ncc1F. The molecule has 4 rings (SSSR count). The van der Waals surface area contributed by atoms with Gasteiger partial charge in [0.05, 0.1) is 38.3 Å². The Balaban J connectivity index is 1.57. The summed E-state index contributed by atoms with van der Waals surface area (Å²) in [7, 11) is 3.50. The molecule has 3 heterocycles. The number of hydrogen-bond donors (Lipinski definition) is 0. The number of anilines is 1. The highest BCUT2D eigenvalue weighted by atomic mass is 19.1. The summed E-state index contributed by atoms with van der Waals surface area (Å²) in [4.78, 5) is 10.1. The van der Waals surface area contributed by atoms with Gasteiger partial charge in [-0.1, -0.05) is 18.2 Å². The Labute approximate surface area is 162 Å². The lowest BCUT2D eigenvalue weighted by atomic mass is 10.1. The highest BCUT2D eigenvalue weighted by Crippen LogP contribution is 2.25. The van der Waals surface area contributed by atoms with Gasteiger partial charge in [-0.25, -0.2) is 14.4 Å². The number of aromatic nitrogens is 4. The average molecular weight is 383 g/mol. The lowest BCUT2D eigenvalue weighted by Gasteiger charge is -2.22. The van der Waals surface area contributed by atoms with Crippen molar-refractivity contribution >= 4 is 5.82 Å². The van der Waals surface area contributed by atoms with Crippen molar-refractivity contribution in [1.29, 1.82) is 0 Å². The molecule has 0 radical (unpaired) electrons. The molecule has 1 aliphatic heterocycles. The van der Waals surface area contributed by atoms with Crippen molar-refractivity contribution in [3.8, 4) is 22.6 Å². The first kappa shape index (κ1) is 18.5. The average Bonchev–Trinajstić information content (AvgIpc) is 3.17. The van der Waals surface area contributed by atoms with Crippen LogP contribution in [0.25, 0.3) is 22.6 Å². The van der Waals surface area contributed by atoms with Gasteiger partial charge >= 0.3 is 0 Å². The molecule has 1 saturated heterocycles. The molecule has 28 heavy (non-hydrogen) atoms. The van der Waals surface area contributed by atoms with Gasteiger partial charge in [0, 0.05) is 31.4 Å². The van der Waals surface area contributed by atoms with Crippen LogP contribution in [-0.2, 0) is 16.0 Å². The Bertz CT molecular complexity index is 953. The van der Waals surface area contributed by atoms with Gasteiger partial charge in [0.1, 0.15) is 6.10 Å². The predicted octanol–water partition coefficient (Wildman–Crippen LogP) is 2.63. The normalized spacial score (nSPS) is 16.9. The van der Waals surface area contributed by atoms with Crippen molar-refractivity contribution in [2.24, 2.45) is 0 Å². The Morgan fingerprint density at radius 2 is 2.07 bits per heavy atom. The van der Waals surface area contributed by atoms with Crippen molar-refractivity contribution in [3.63, 3.8) is 0 Å². The number of rotatable bonds is 5. The van der Waals surface area contributed by atoms with E-state index < -0.39 is 5.82 Å². The summed E-state index contributed by atoms with van der Waals surface area (Å²) in [6.07, 6.45) is 3.15. The maximum Gasteiger partial charge on any atom is 0.183 e. The van der Waals surface area contributed by atoms with Crippen LogP contribution in [0.3, 0.4) is 0 Å². The second kappa shape index (κ2) is 8.04. The molecule has 146 valence electrons. The van der Waals surface area contributed by atoms with E-state index in [1.807, 2.05) is 41.2 Å². The van der Waals surface area contributed by atoms with Crippen LogP contribution < -0.4 is 4.90 Å². The van der Waals surface area contributed by atoms with Crippen molar-refractivity contribution in [2.45, 2.75) is 12.6 Å². The molecule has 1 unspecified atom stereocenters. The highest BCUT2D eigenvalue weighted by molar-refractivity contribution is 5.68. The quantitative estimate of drug-likeness (QED) is 0.675. The lowest BCUT2D eigenvalue weighted by Crippen LogP contribution is -2.32. The van der Waals surface area contributed by atoms with Crippen LogP contribution in [0.2, 0.25) is 0 Å². The topological polar surface area (TPSA) is 65.3 Å². The Morgan fingerprint density at radius 1 is 1.21 bits per heavy atom. The van der Waals surface area contributed by atoms with Gasteiger partial charge in [-0.15, -0.1) is 0 Å². The summed E-state index contributed by atoms with van der Waals surface area (Å²) < 4.78 is 26.9. The smallest absolute Gasteiger partial charge is 0.183 e. The number of benzene rings is 1. The fourth-order valence-electron chi connectivity index (χ4n) is 3.10. The summed E-state index contributed by atoms with van der Waals surface area (Å²) >= 11 is 0. The first-order valence-corrected chi connectivity index (χ1v) is 9.13. The minimum Gasteiger partial charge on any atom is -0.376 e. The molecule has 0 spiro atoms. The van der Waals surface area contributed by atoms with Gasteiger partial charge in [0.25, 0.3) is 0 Å². The Kier molecular flexibility index (Phi) is 5.31. The summed E-state index contributed by atoms with van der Waals surface area (Å²) in [5.41, 5.74) is 2.59. The maximum atomic E-state index is 13.9. The third kappa shape index (κ3) is 4.02. The molecule has 8 heteroatoms. The molecule has 1 aromatic carbocycles. The molecule has 2 aromatic heterocycles. The van der Waals surface area contributed by atoms with Crippen molar-refractivity contribution in [1.82, 2.24) is 19.7 Å². The van der Waals surface area contributed by atoms with E-state index >= 15 is 0 Å². The molecular weight excluding hydrogens is 361 g/mol. The standard InChI is InChI=1S/C20H22FN5O2/c1-25(2)20-17(21)11-22-19(23-20)15-5-3-4-14(10-15)18-6-7-26(24-18)12-16-13-27-8-9-28-16/h3-7,10-11,16H,8-9,12-13H2,1-2H3. The fraction of sp³-hybridized carbons (Fsp3) is 0.350. The van der Waals surface area contributed by atoms with Crippen LogP contribution in [0, 0.1) is 5.82 Å². The summed E-state index contributed by atoms with van der Waals surface area (Å²) in [6.45, 7) is 2.50. The van der Waals surface area contributed by atoms with Crippen LogP contribution in [0.15, 0.2) is 42.7 Å². The number of halogens is 1. The van der Waals surface area contributed by atoms with Gasteiger partial charge in [0.2, 0.25) is 0 Å². The van der Waals surface area contributed by atoms with Gasteiger partial charge in [-0.2, -0.15) is 5.10 Å². The van der Waals surface area contributed by atoms with Crippen molar-refractivity contribution in [2.75, 3.05) is 38.8 Å². The van der Waals surface area contributed by atoms with Crippen molar-refractivity contribution in [3.05, 3.63) is 48.5 Å². The molecule has 0 amide bonds. The third-order valence-corrected chi connectivity index (χ3v) is 4.48. The summed E-state index contributed by atoms with van der Waals surface area (Å²) in [5, 5.41) is 4.64.